The van der Waals surface area contributed by atoms with E-state index in [1.165, 1.54) is 4.90 Å². The molecule has 0 aromatic carbocycles. The average Bonchev–Trinajstić information content (AvgIpc) is 3.33. The van der Waals surface area contributed by atoms with Gasteiger partial charge in [-0.3, -0.25) is 4.90 Å². The van der Waals surface area contributed by atoms with Crippen molar-refractivity contribution in [1.29, 1.82) is 0 Å². The first kappa shape index (κ1) is 24.6. The van der Waals surface area contributed by atoms with Gasteiger partial charge >= 0.3 is 6.09 Å². The van der Waals surface area contributed by atoms with Crippen LogP contribution in [0.25, 0.3) is 0 Å². The second-order valence-electron chi connectivity index (χ2n) is 11.7. The Morgan fingerprint density at radius 1 is 1.24 bits per heavy atom. The van der Waals surface area contributed by atoms with Crippen molar-refractivity contribution in [3.63, 3.8) is 0 Å². The molecule has 1 aliphatic heterocycles. The van der Waals surface area contributed by atoms with Crippen molar-refractivity contribution >= 4 is 14.4 Å². The molecule has 0 unspecified atom stereocenters. The van der Waals surface area contributed by atoms with E-state index in [2.05, 4.69) is 47.7 Å². The standard InChI is InChI=1S/C22H43NO5Si/c1-20(2,3)29(8,9)28-14-21(4,5)18(16(12-24)15-10-11-15)17-13-27-22(6,7)23(17)19(25)26/h15-18,24H,10-14H2,1-9H3,(H,25,26)/t16-,17-,18-/m0/s1. The number of rotatable bonds is 8. The van der Waals surface area contributed by atoms with Crippen molar-refractivity contribution < 1.29 is 24.2 Å². The monoisotopic (exact) mass is 429 g/mol. The van der Waals surface area contributed by atoms with Crippen molar-refractivity contribution in [2.24, 2.45) is 23.2 Å². The number of ether oxygens (including phenoxy) is 1. The molecule has 29 heavy (non-hydrogen) atoms. The van der Waals surface area contributed by atoms with Crippen molar-refractivity contribution in [3.8, 4) is 0 Å². The summed E-state index contributed by atoms with van der Waals surface area (Å²) in [4.78, 5) is 13.6. The summed E-state index contributed by atoms with van der Waals surface area (Å²) in [6, 6.07) is -0.293. The molecule has 2 rings (SSSR count). The summed E-state index contributed by atoms with van der Waals surface area (Å²) in [7, 11) is -1.95. The minimum Gasteiger partial charge on any atom is -0.465 e. The third-order valence-corrected chi connectivity index (χ3v) is 12.0. The lowest BCUT2D eigenvalue weighted by atomic mass is 9.67. The van der Waals surface area contributed by atoms with Crippen LogP contribution in [-0.4, -0.2) is 61.1 Å². The average molecular weight is 430 g/mol. The van der Waals surface area contributed by atoms with Crippen LogP contribution in [0.1, 0.15) is 61.3 Å². The maximum absolute atomic E-state index is 12.2. The number of amides is 1. The van der Waals surface area contributed by atoms with Gasteiger partial charge in [-0.05, 0) is 68.0 Å². The molecule has 1 aliphatic carbocycles. The molecule has 2 fully saturated rings. The number of hydrogen-bond acceptors (Lipinski definition) is 4. The predicted octanol–water partition coefficient (Wildman–Crippen LogP) is 4.78. The van der Waals surface area contributed by atoms with Crippen molar-refractivity contribution in [1.82, 2.24) is 4.90 Å². The molecule has 1 saturated heterocycles. The van der Waals surface area contributed by atoms with Crippen LogP contribution in [0.2, 0.25) is 18.1 Å². The zero-order chi connectivity index (χ0) is 22.4. The Kier molecular flexibility index (Phi) is 6.91. The molecule has 0 bridgehead atoms. The Morgan fingerprint density at radius 2 is 1.79 bits per heavy atom. The van der Waals surface area contributed by atoms with Crippen LogP contribution in [0.3, 0.4) is 0 Å². The molecule has 0 aromatic heterocycles. The zero-order valence-corrected chi connectivity index (χ0v) is 20.9. The highest BCUT2D eigenvalue weighted by Gasteiger charge is 2.55. The molecule has 1 amide bonds. The molecular formula is C22H43NO5Si. The summed E-state index contributed by atoms with van der Waals surface area (Å²) in [5.41, 5.74) is -1.16. The second kappa shape index (κ2) is 8.13. The lowest BCUT2D eigenvalue weighted by Gasteiger charge is -2.47. The molecule has 2 aliphatic rings. The third kappa shape index (κ3) is 5.17. The number of carboxylic acid groups (broad SMARTS) is 1. The van der Waals surface area contributed by atoms with Gasteiger partial charge in [0.1, 0.15) is 5.72 Å². The van der Waals surface area contributed by atoms with Crippen molar-refractivity contribution in [3.05, 3.63) is 0 Å². The van der Waals surface area contributed by atoms with E-state index in [1.807, 2.05) is 13.8 Å². The van der Waals surface area contributed by atoms with Crippen LogP contribution in [0, 0.1) is 23.2 Å². The third-order valence-electron chi connectivity index (χ3n) is 7.55. The van der Waals surface area contributed by atoms with E-state index >= 15 is 0 Å². The molecule has 3 atom stereocenters. The zero-order valence-electron chi connectivity index (χ0n) is 19.9. The van der Waals surface area contributed by atoms with E-state index in [0.29, 0.717) is 19.1 Å². The fourth-order valence-electron chi connectivity index (χ4n) is 4.61. The van der Waals surface area contributed by atoms with E-state index in [9.17, 15) is 15.0 Å². The molecule has 2 N–H and O–H groups in total. The minimum atomic E-state index is -1.95. The van der Waals surface area contributed by atoms with Crippen molar-refractivity contribution in [2.75, 3.05) is 19.8 Å². The number of aliphatic hydroxyl groups excluding tert-OH is 1. The summed E-state index contributed by atoms with van der Waals surface area (Å²) in [5, 5.41) is 20.4. The Balaban J connectivity index is 2.36. The molecule has 0 spiro atoms. The number of hydrogen-bond donors (Lipinski definition) is 2. The van der Waals surface area contributed by atoms with Gasteiger partial charge in [0, 0.05) is 13.2 Å². The molecule has 0 radical (unpaired) electrons. The first-order valence-electron chi connectivity index (χ1n) is 11.0. The van der Waals surface area contributed by atoms with Gasteiger partial charge in [0.25, 0.3) is 0 Å². The Bertz CT molecular complexity index is 595. The predicted molar refractivity (Wildman–Crippen MR) is 117 cm³/mol. The van der Waals surface area contributed by atoms with Crippen molar-refractivity contribution in [2.45, 2.75) is 91.2 Å². The van der Waals surface area contributed by atoms with Gasteiger partial charge in [-0.15, -0.1) is 0 Å². The second-order valence-corrected chi connectivity index (χ2v) is 16.5. The van der Waals surface area contributed by atoms with E-state index < -0.39 is 20.1 Å². The number of carbonyl (C=O) groups is 1. The highest BCUT2D eigenvalue weighted by Crippen LogP contribution is 2.51. The topological polar surface area (TPSA) is 79.2 Å². The summed E-state index contributed by atoms with van der Waals surface area (Å²) in [5.74, 6) is 0.469. The van der Waals surface area contributed by atoms with E-state index in [1.54, 1.807) is 0 Å². The first-order valence-corrected chi connectivity index (χ1v) is 13.9. The quantitative estimate of drug-likeness (QED) is 0.543. The van der Waals surface area contributed by atoms with Crippen LogP contribution in [0.15, 0.2) is 0 Å². The maximum Gasteiger partial charge on any atom is 0.409 e. The number of nitrogens with zero attached hydrogens (tertiary/aromatic N) is 1. The van der Waals surface area contributed by atoms with Gasteiger partial charge in [0.05, 0.1) is 12.6 Å². The highest BCUT2D eigenvalue weighted by atomic mass is 28.4. The lowest BCUT2D eigenvalue weighted by molar-refractivity contribution is -0.0544. The van der Waals surface area contributed by atoms with Crippen LogP contribution < -0.4 is 0 Å². The maximum atomic E-state index is 12.2. The Hall–Kier alpha value is -0.633. The van der Waals surface area contributed by atoms with Gasteiger partial charge in [-0.25, -0.2) is 4.79 Å². The molecule has 1 heterocycles. The minimum absolute atomic E-state index is 0.0392. The summed E-state index contributed by atoms with van der Waals surface area (Å²) >= 11 is 0. The molecule has 170 valence electrons. The largest absolute Gasteiger partial charge is 0.465 e. The van der Waals surface area contributed by atoms with Crippen LogP contribution in [0.5, 0.6) is 0 Å². The van der Waals surface area contributed by atoms with E-state index in [0.717, 1.165) is 12.8 Å². The summed E-state index contributed by atoms with van der Waals surface area (Å²) in [6.07, 6.45) is 1.24. The molecule has 6 nitrogen and oxygen atoms in total. The Labute approximate surface area is 178 Å². The first-order chi connectivity index (χ1) is 13.0. The fraction of sp³-hybridized carbons (Fsp3) is 0.955. The highest BCUT2D eigenvalue weighted by molar-refractivity contribution is 6.74. The Morgan fingerprint density at radius 3 is 2.21 bits per heavy atom. The molecule has 7 heteroatoms. The van der Waals surface area contributed by atoms with Crippen LogP contribution in [-0.2, 0) is 9.16 Å². The van der Waals surface area contributed by atoms with Gasteiger partial charge < -0.3 is 19.4 Å². The van der Waals surface area contributed by atoms with Crippen LogP contribution >= 0.6 is 0 Å². The SMILES string of the molecule is CC(C)(CO[Si](C)(C)C(C)(C)C)[C@@H]([C@@H](CO)C1CC1)[C@@H]1COC(C)(C)N1C(=O)O. The van der Waals surface area contributed by atoms with Gasteiger partial charge in [-0.2, -0.15) is 0 Å². The van der Waals surface area contributed by atoms with Crippen LogP contribution in [0.4, 0.5) is 4.79 Å². The fourth-order valence-corrected chi connectivity index (χ4v) is 5.78. The van der Waals surface area contributed by atoms with E-state index in [-0.39, 0.29) is 34.9 Å². The lowest BCUT2D eigenvalue weighted by Crippen LogP contribution is -2.56. The normalized spacial score (nSPS) is 25.2. The summed E-state index contributed by atoms with van der Waals surface area (Å²) < 4.78 is 12.5. The van der Waals surface area contributed by atoms with Gasteiger partial charge in [0.2, 0.25) is 0 Å². The smallest absolute Gasteiger partial charge is 0.409 e. The molecule has 0 aromatic rings. The van der Waals surface area contributed by atoms with Gasteiger partial charge in [0.15, 0.2) is 8.32 Å². The molecular weight excluding hydrogens is 386 g/mol. The van der Waals surface area contributed by atoms with Gasteiger partial charge in [-0.1, -0.05) is 34.6 Å². The summed E-state index contributed by atoms with van der Waals surface area (Å²) in [6.45, 7) is 20.1. The molecule has 1 saturated carbocycles. The van der Waals surface area contributed by atoms with E-state index in [4.69, 9.17) is 9.16 Å². The number of aliphatic hydroxyl groups is 1.